The number of amides is 2. The highest BCUT2D eigenvalue weighted by atomic mass is 35.5. The molecule has 0 unspecified atom stereocenters. The summed E-state index contributed by atoms with van der Waals surface area (Å²) >= 11 is 5.89. The van der Waals surface area contributed by atoms with E-state index in [1.807, 2.05) is 0 Å². The highest BCUT2D eigenvalue weighted by Gasteiger charge is 2.29. The summed E-state index contributed by atoms with van der Waals surface area (Å²) in [6.45, 7) is 2.70. The van der Waals surface area contributed by atoms with E-state index in [0.717, 1.165) is 9.87 Å². The summed E-state index contributed by atoms with van der Waals surface area (Å²) in [6, 6.07) is 11.3. The fraction of sp³-hybridized carbons (Fsp3) is 0.364. The zero-order valence-corrected chi connectivity index (χ0v) is 19.3. The molecule has 31 heavy (non-hydrogen) atoms. The van der Waals surface area contributed by atoms with Gasteiger partial charge in [-0.25, -0.2) is 12.7 Å². The zero-order valence-electron chi connectivity index (χ0n) is 17.8. The van der Waals surface area contributed by atoms with E-state index in [9.17, 15) is 18.0 Å². The molecule has 1 aliphatic rings. The SMILES string of the molecule is Cc1ccc(S(=O)(=O)N(C)C)cc1NC(=O)[C@@H]1CCCN(C(=O)c2ccc(Cl)cc2)C1. The first-order chi connectivity index (χ1) is 14.6. The molecular weight excluding hydrogens is 438 g/mol. The second-order valence-electron chi connectivity index (χ2n) is 7.85. The first kappa shape index (κ1) is 23.2. The van der Waals surface area contributed by atoms with Crippen LogP contribution in [0, 0.1) is 12.8 Å². The zero-order chi connectivity index (χ0) is 22.8. The van der Waals surface area contributed by atoms with Crippen LogP contribution < -0.4 is 5.32 Å². The lowest BCUT2D eigenvalue weighted by Gasteiger charge is -2.32. The van der Waals surface area contributed by atoms with Gasteiger partial charge in [0.15, 0.2) is 0 Å². The molecule has 2 aromatic rings. The number of likely N-dealkylation sites (tertiary alicyclic amines) is 1. The van der Waals surface area contributed by atoms with Gasteiger partial charge in [-0.3, -0.25) is 9.59 Å². The van der Waals surface area contributed by atoms with Crippen LogP contribution in [-0.2, 0) is 14.8 Å². The number of piperidine rings is 1. The maximum absolute atomic E-state index is 12.9. The summed E-state index contributed by atoms with van der Waals surface area (Å²) in [5, 5.41) is 3.42. The molecule has 0 saturated carbocycles. The van der Waals surface area contributed by atoms with Gasteiger partial charge in [0.05, 0.1) is 10.8 Å². The summed E-state index contributed by atoms with van der Waals surface area (Å²) in [7, 11) is -0.691. The number of nitrogens with one attached hydrogen (secondary N) is 1. The van der Waals surface area contributed by atoms with Crippen LogP contribution in [0.1, 0.15) is 28.8 Å². The number of sulfonamides is 1. The summed E-state index contributed by atoms with van der Waals surface area (Å²) in [5.74, 6) is -0.737. The minimum atomic E-state index is -3.61. The van der Waals surface area contributed by atoms with Crippen molar-refractivity contribution in [2.45, 2.75) is 24.7 Å². The van der Waals surface area contributed by atoms with E-state index in [1.165, 1.54) is 26.2 Å². The van der Waals surface area contributed by atoms with Gasteiger partial charge >= 0.3 is 0 Å². The Morgan fingerprint density at radius 1 is 1.13 bits per heavy atom. The van der Waals surface area contributed by atoms with Crippen molar-refractivity contribution < 1.29 is 18.0 Å². The van der Waals surface area contributed by atoms with Gasteiger partial charge in [-0.1, -0.05) is 17.7 Å². The molecule has 1 aliphatic heterocycles. The smallest absolute Gasteiger partial charge is 0.253 e. The molecule has 1 atom stereocenters. The Morgan fingerprint density at radius 2 is 1.81 bits per heavy atom. The summed E-state index contributed by atoms with van der Waals surface area (Å²) in [6.07, 6.45) is 1.37. The number of benzene rings is 2. The summed E-state index contributed by atoms with van der Waals surface area (Å²) < 4.78 is 26.0. The van der Waals surface area contributed by atoms with Crippen LogP contribution in [-0.4, -0.2) is 56.6 Å². The van der Waals surface area contributed by atoms with Gasteiger partial charge in [0, 0.05) is 43.5 Å². The predicted octanol–water partition coefficient (Wildman–Crippen LogP) is 3.39. The van der Waals surface area contributed by atoms with Crippen LogP contribution in [0.15, 0.2) is 47.4 Å². The molecule has 1 saturated heterocycles. The highest BCUT2D eigenvalue weighted by molar-refractivity contribution is 7.89. The van der Waals surface area contributed by atoms with E-state index in [0.29, 0.717) is 42.2 Å². The maximum Gasteiger partial charge on any atom is 0.253 e. The maximum atomic E-state index is 12.9. The van der Waals surface area contributed by atoms with Crippen LogP contribution in [0.4, 0.5) is 5.69 Å². The minimum absolute atomic E-state index is 0.113. The third-order valence-electron chi connectivity index (χ3n) is 5.42. The monoisotopic (exact) mass is 463 g/mol. The van der Waals surface area contributed by atoms with Crippen molar-refractivity contribution >= 4 is 39.1 Å². The highest BCUT2D eigenvalue weighted by Crippen LogP contribution is 2.25. The van der Waals surface area contributed by atoms with Gasteiger partial charge in [0.25, 0.3) is 5.91 Å². The number of halogens is 1. The van der Waals surface area contributed by atoms with E-state index < -0.39 is 10.0 Å². The largest absolute Gasteiger partial charge is 0.338 e. The molecule has 9 heteroatoms. The Bertz CT molecular complexity index is 1080. The number of rotatable bonds is 5. The molecule has 0 bridgehead atoms. The molecule has 0 spiro atoms. The Balaban J connectivity index is 1.73. The van der Waals surface area contributed by atoms with Crippen LogP contribution in [0.2, 0.25) is 5.02 Å². The number of hydrogen-bond acceptors (Lipinski definition) is 4. The number of nitrogens with zero attached hydrogens (tertiary/aromatic N) is 2. The number of aryl methyl sites for hydroxylation is 1. The van der Waals surface area contributed by atoms with Crippen molar-refractivity contribution in [2.75, 3.05) is 32.5 Å². The van der Waals surface area contributed by atoms with E-state index in [2.05, 4.69) is 5.32 Å². The molecule has 1 N–H and O–H groups in total. The van der Waals surface area contributed by atoms with E-state index in [4.69, 9.17) is 11.6 Å². The number of anilines is 1. The van der Waals surface area contributed by atoms with Crippen molar-refractivity contribution in [2.24, 2.45) is 5.92 Å². The van der Waals surface area contributed by atoms with E-state index >= 15 is 0 Å². The first-order valence-electron chi connectivity index (χ1n) is 9.98. The molecular formula is C22H26ClN3O4S. The summed E-state index contributed by atoms with van der Waals surface area (Å²) in [4.78, 5) is 27.5. The molecule has 7 nitrogen and oxygen atoms in total. The van der Waals surface area contributed by atoms with Gasteiger partial charge in [-0.05, 0) is 61.7 Å². The molecule has 1 heterocycles. The average molecular weight is 464 g/mol. The molecule has 3 rings (SSSR count). The lowest BCUT2D eigenvalue weighted by atomic mass is 9.96. The van der Waals surface area contributed by atoms with Gasteiger partial charge in [0.1, 0.15) is 0 Å². The topological polar surface area (TPSA) is 86.8 Å². The fourth-order valence-electron chi connectivity index (χ4n) is 3.49. The van der Waals surface area contributed by atoms with Gasteiger partial charge < -0.3 is 10.2 Å². The fourth-order valence-corrected chi connectivity index (χ4v) is 4.55. The predicted molar refractivity (Wildman–Crippen MR) is 121 cm³/mol. The van der Waals surface area contributed by atoms with Gasteiger partial charge in [-0.2, -0.15) is 0 Å². The normalized spacial score (nSPS) is 16.9. The third kappa shape index (κ3) is 5.26. The number of hydrogen-bond donors (Lipinski definition) is 1. The minimum Gasteiger partial charge on any atom is -0.338 e. The van der Waals surface area contributed by atoms with Crippen LogP contribution >= 0.6 is 11.6 Å². The van der Waals surface area contributed by atoms with E-state index in [1.54, 1.807) is 42.2 Å². The van der Waals surface area contributed by atoms with Crippen molar-refractivity contribution in [3.05, 3.63) is 58.6 Å². The molecule has 166 valence electrons. The second kappa shape index (κ2) is 9.38. The molecule has 0 radical (unpaired) electrons. The molecule has 2 amide bonds. The Hall–Kier alpha value is -2.42. The lowest BCUT2D eigenvalue weighted by Crippen LogP contribution is -2.43. The molecule has 1 fully saturated rings. The Labute approximate surface area is 188 Å². The van der Waals surface area contributed by atoms with Crippen LogP contribution in [0.5, 0.6) is 0 Å². The molecule has 0 aliphatic carbocycles. The Kier molecular flexibility index (Phi) is 7.03. The van der Waals surface area contributed by atoms with Gasteiger partial charge in [-0.15, -0.1) is 0 Å². The quantitative estimate of drug-likeness (QED) is 0.736. The number of carbonyl (C=O) groups excluding carboxylic acids is 2. The number of carbonyl (C=O) groups is 2. The summed E-state index contributed by atoms with van der Waals surface area (Å²) in [5.41, 5.74) is 1.74. The van der Waals surface area contributed by atoms with Crippen molar-refractivity contribution in [1.29, 1.82) is 0 Å². The lowest BCUT2D eigenvalue weighted by molar-refractivity contribution is -0.121. The second-order valence-corrected chi connectivity index (χ2v) is 10.4. The van der Waals surface area contributed by atoms with Crippen molar-refractivity contribution in [3.8, 4) is 0 Å². The molecule has 2 aromatic carbocycles. The third-order valence-corrected chi connectivity index (χ3v) is 7.48. The van der Waals surface area contributed by atoms with Crippen LogP contribution in [0.3, 0.4) is 0 Å². The van der Waals surface area contributed by atoms with Crippen molar-refractivity contribution in [1.82, 2.24) is 9.21 Å². The van der Waals surface area contributed by atoms with Gasteiger partial charge in [0.2, 0.25) is 15.9 Å². The average Bonchev–Trinajstić information content (AvgIpc) is 2.75. The van der Waals surface area contributed by atoms with Crippen LogP contribution in [0.25, 0.3) is 0 Å². The standard InChI is InChI=1S/C22H26ClN3O4S/c1-15-6-11-19(31(29,30)25(2)3)13-20(15)24-21(27)17-5-4-12-26(14-17)22(28)16-7-9-18(23)10-8-16/h6-11,13,17H,4-5,12,14H2,1-3H3,(H,24,27)/t17-/m1/s1. The van der Waals surface area contributed by atoms with Crippen molar-refractivity contribution in [3.63, 3.8) is 0 Å². The first-order valence-corrected chi connectivity index (χ1v) is 11.8. The molecule has 0 aromatic heterocycles. The van der Waals surface area contributed by atoms with E-state index in [-0.39, 0.29) is 22.6 Å². The Morgan fingerprint density at radius 3 is 2.45 bits per heavy atom.